The number of thiocarbonyl (C=S) groups is 1. The van der Waals surface area contributed by atoms with Crippen LogP contribution >= 0.6 is 35.3 Å². The van der Waals surface area contributed by atoms with Gasteiger partial charge in [-0.15, -0.1) is 11.3 Å². The van der Waals surface area contributed by atoms with Crippen LogP contribution in [-0.2, 0) is 4.79 Å². The molecular formula is C20H18N2O4S3. The molecule has 3 rings (SSSR count). The van der Waals surface area contributed by atoms with E-state index in [4.69, 9.17) is 21.7 Å². The van der Waals surface area contributed by atoms with Crippen LogP contribution in [0.2, 0.25) is 0 Å². The fraction of sp³-hybridized carbons (Fsp3) is 0.150. The largest absolute Gasteiger partial charge is 0.490 e. The highest BCUT2D eigenvalue weighted by molar-refractivity contribution is 8.26. The van der Waals surface area contributed by atoms with Crippen LogP contribution in [0.4, 0.5) is 0 Å². The Morgan fingerprint density at radius 2 is 2.14 bits per heavy atom. The molecule has 2 aromatic rings. The van der Waals surface area contributed by atoms with E-state index < -0.39 is 0 Å². The monoisotopic (exact) mass is 446 g/mol. The molecule has 0 aliphatic carbocycles. The molecule has 1 aromatic heterocycles. The Hall–Kier alpha value is -2.62. The minimum Gasteiger partial charge on any atom is -0.490 e. The summed E-state index contributed by atoms with van der Waals surface area (Å²) < 4.78 is 11.5. The summed E-state index contributed by atoms with van der Waals surface area (Å²) in [6, 6.07) is 8.83. The van der Waals surface area contributed by atoms with Gasteiger partial charge < -0.3 is 9.47 Å². The van der Waals surface area contributed by atoms with Gasteiger partial charge in [-0.3, -0.25) is 15.0 Å². The number of amides is 2. The number of nitrogens with zero attached hydrogens (tertiary/aromatic N) is 1. The normalized spacial score (nSPS) is 14.9. The van der Waals surface area contributed by atoms with Gasteiger partial charge in [-0.2, -0.15) is 5.01 Å². The zero-order chi connectivity index (χ0) is 20.8. The SMILES string of the molecule is C=CCOc1ccc(/C=C2\SC(=S)N(NC(=O)c3cccs3)C2=O)cc1OCC. The third kappa shape index (κ3) is 5.06. The Balaban J connectivity index is 1.78. The number of carbonyl (C=O) groups excluding carboxylic acids is 2. The summed E-state index contributed by atoms with van der Waals surface area (Å²) in [5.74, 6) is 0.416. The molecule has 1 aromatic carbocycles. The molecule has 1 aliphatic rings. The third-order valence-electron chi connectivity index (χ3n) is 3.67. The highest BCUT2D eigenvalue weighted by Crippen LogP contribution is 2.34. The molecular weight excluding hydrogens is 428 g/mol. The summed E-state index contributed by atoms with van der Waals surface area (Å²) in [5.41, 5.74) is 3.31. The minimum atomic E-state index is -0.380. The lowest BCUT2D eigenvalue weighted by Crippen LogP contribution is -2.44. The first kappa shape index (κ1) is 21.1. The van der Waals surface area contributed by atoms with Crippen LogP contribution in [0.3, 0.4) is 0 Å². The van der Waals surface area contributed by atoms with Gasteiger partial charge in [0.05, 0.1) is 16.4 Å². The maximum Gasteiger partial charge on any atom is 0.285 e. The van der Waals surface area contributed by atoms with Crippen LogP contribution in [0.15, 0.2) is 53.3 Å². The second-order valence-corrected chi connectivity index (χ2v) is 8.30. The summed E-state index contributed by atoms with van der Waals surface area (Å²) in [4.78, 5) is 25.9. The topological polar surface area (TPSA) is 67.9 Å². The molecule has 0 unspecified atom stereocenters. The number of thiophene rings is 1. The predicted octanol–water partition coefficient (Wildman–Crippen LogP) is 4.26. The highest BCUT2D eigenvalue weighted by Gasteiger charge is 2.34. The summed E-state index contributed by atoms with van der Waals surface area (Å²) in [6.07, 6.45) is 3.36. The van der Waals surface area contributed by atoms with Crippen LogP contribution in [0, 0.1) is 0 Å². The molecule has 0 spiro atoms. The van der Waals surface area contributed by atoms with Gasteiger partial charge >= 0.3 is 0 Å². The average molecular weight is 447 g/mol. The summed E-state index contributed by atoms with van der Waals surface area (Å²) >= 11 is 7.67. The van der Waals surface area contributed by atoms with Crippen molar-refractivity contribution in [2.75, 3.05) is 13.2 Å². The van der Waals surface area contributed by atoms with E-state index in [0.29, 0.717) is 34.5 Å². The summed E-state index contributed by atoms with van der Waals surface area (Å²) in [5, 5.41) is 2.89. The molecule has 9 heteroatoms. The van der Waals surface area contributed by atoms with E-state index in [1.807, 2.05) is 13.0 Å². The molecule has 0 radical (unpaired) electrons. The second-order valence-electron chi connectivity index (χ2n) is 5.67. The van der Waals surface area contributed by atoms with Gasteiger partial charge in [0.15, 0.2) is 15.8 Å². The fourth-order valence-electron chi connectivity index (χ4n) is 2.43. The van der Waals surface area contributed by atoms with Crippen molar-refractivity contribution in [2.24, 2.45) is 0 Å². The van der Waals surface area contributed by atoms with Crippen LogP contribution in [0.1, 0.15) is 22.2 Å². The average Bonchev–Trinajstić information content (AvgIpc) is 3.33. The Labute approximate surface area is 182 Å². The van der Waals surface area contributed by atoms with E-state index in [9.17, 15) is 9.59 Å². The van der Waals surface area contributed by atoms with E-state index in [0.717, 1.165) is 22.3 Å². The molecule has 1 aliphatic heterocycles. The maximum atomic E-state index is 12.7. The molecule has 2 amide bonds. The first-order chi connectivity index (χ1) is 14.0. The Bertz CT molecular complexity index is 970. The number of hydrogen-bond acceptors (Lipinski definition) is 7. The van der Waals surface area contributed by atoms with Gasteiger partial charge in [-0.05, 0) is 54.4 Å². The van der Waals surface area contributed by atoms with E-state index in [-0.39, 0.29) is 16.1 Å². The van der Waals surface area contributed by atoms with Crippen LogP contribution in [0.5, 0.6) is 11.5 Å². The number of hydrogen-bond donors (Lipinski definition) is 1. The number of ether oxygens (including phenoxy) is 2. The van der Waals surface area contributed by atoms with Gasteiger partial charge in [0.25, 0.3) is 11.8 Å². The van der Waals surface area contributed by atoms with Crippen LogP contribution in [-0.4, -0.2) is 34.4 Å². The van der Waals surface area contributed by atoms with Crippen molar-refractivity contribution in [1.82, 2.24) is 10.4 Å². The van der Waals surface area contributed by atoms with Gasteiger partial charge in [0, 0.05) is 0 Å². The molecule has 150 valence electrons. The molecule has 0 atom stereocenters. The first-order valence-corrected chi connectivity index (χ1v) is 10.8. The minimum absolute atomic E-state index is 0.266. The van der Waals surface area contributed by atoms with Crippen molar-refractivity contribution in [3.8, 4) is 11.5 Å². The van der Waals surface area contributed by atoms with Gasteiger partial charge in [-0.1, -0.05) is 36.5 Å². The van der Waals surface area contributed by atoms with E-state index in [1.165, 1.54) is 11.3 Å². The van der Waals surface area contributed by atoms with Crippen molar-refractivity contribution in [2.45, 2.75) is 6.92 Å². The molecule has 1 N–H and O–H groups in total. The van der Waals surface area contributed by atoms with Crippen molar-refractivity contribution < 1.29 is 19.1 Å². The lowest BCUT2D eigenvalue weighted by Gasteiger charge is -2.14. The predicted molar refractivity (Wildman–Crippen MR) is 120 cm³/mol. The van der Waals surface area contributed by atoms with Gasteiger partial charge in [0.1, 0.15) is 6.61 Å². The molecule has 0 saturated carbocycles. The van der Waals surface area contributed by atoms with Crippen molar-refractivity contribution in [1.29, 1.82) is 0 Å². The van der Waals surface area contributed by atoms with Crippen molar-refractivity contribution in [3.63, 3.8) is 0 Å². The fourth-order valence-corrected chi connectivity index (χ4v) is 4.22. The van der Waals surface area contributed by atoms with Crippen LogP contribution < -0.4 is 14.9 Å². The van der Waals surface area contributed by atoms with Crippen molar-refractivity contribution >= 4 is 57.5 Å². The van der Waals surface area contributed by atoms with Gasteiger partial charge in [0.2, 0.25) is 0 Å². The quantitative estimate of drug-likeness (QED) is 0.371. The van der Waals surface area contributed by atoms with E-state index in [2.05, 4.69) is 12.0 Å². The molecule has 2 heterocycles. The van der Waals surface area contributed by atoms with E-state index >= 15 is 0 Å². The number of thioether (sulfide) groups is 1. The number of carbonyl (C=O) groups is 2. The number of nitrogens with one attached hydrogen (secondary N) is 1. The lowest BCUT2D eigenvalue weighted by atomic mass is 10.2. The molecule has 29 heavy (non-hydrogen) atoms. The standard InChI is InChI=1S/C20H18N2O4S3/c1-3-9-26-14-8-7-13(11-15(14)25-4-2)12-17-19(24)22(20(27)29-17)21-18(23)16-6-5-10-28-16/h3,5-8,10-12H,1,4,9H2,2H3,(H,21,23)/b17-12-. The van der Waals surface area contributed by atoms with Crippen molar-refractivity contribution in [3.05, 3.63) is 63.7 Å². The molecule has 1 saturated heterocycles. The zero-order valence-corrected chi connectivity index (χ0v) is 18.0. The van der Waals surface area contributed by atoms with Crippen LogP contribution in [0.25, 0.3) is 6.08 Å². The van der Waals surface area contributed by atoms with Gasteiger partial charge in [-0.25, -0.2) is 0 Å². The summed E-state index contributed by atoms with van der Waals surface area (Å²) in [7, 11) is 0. The Morgan fingerprint density at radius 1 is 1.31 bits per heavy atom. The zero-order valence-electron chi connectivity index (χ0n) is 15.5. The third-order valence-corrected chi connectivity index (χ3v) is 5.84. The molecule has 0 bridgehead atoms. The lowest BCUT2D eigenvalue weighted by molar-refractivity contribution is -0.123. The smallest absolute Gasteiger partial charge is 0.285 e. The molecule has 1 fully saturated rings. The number of benzene rings is 1. The number of hydrazine groups is 1. The number of rotatable bonds is 8. The maximum absolute atomic E-state index is 12.7. The van der Waals surface area contributed by atoms with E-state index in [1.54, 1.807) is 41.8 Å². The highest BCUT2D eigenvalue weighted by atomic mass is 32.2. The second kappa shape index (κ2) is 9.73. The molecule has 6 nitrogen and oxygen atoms in total. The Kier molecular flexibility index (Phi) is 7.08. The first-order valence-electron chi connectivity index (χ1n) is 8.66. The summed E-state index contributed by atoms with van der Waals surface area (Å²) in [6.45, 7) is 6.36. The Morgan fingerprint density at radius 3 is 2.83 bits per heavy atom.